The molecule has 0 aliphatic carbocycles. The lowest BCUT2D eigenvalue weighted by molar-refractivity contribution is 0.336. The van der Waals surface area contributed by atoms with Gasteiger partial charge in [-0.2, -0.15) is 0 Å². The average molecular weight is 324 g/mol. The van der Waals surface area contributed by atoms with Gasteiger partial charge in [0, 0.05) is 6.42 Å². The van der Waals surface area contributed by atoms with E-state index in [-0.39, 0.29) is 0 Å². The van der Waals surface area contributed by atoms with E-state index in [4.69, 9.17) is 4.74 Å². The number of hydrogen-bond acceptors (Lipinski definition) is 2. The van der Waals surface area contributed by atoms with Gasteiger partial charge >= 0.3 is 0 Å². The van der Waals surface area contributed by atoms with Gasteiger partial charge in [-0.05, 0) is 6.42 Å². The maximum atomic E-state index is 5.43. The standard InChI is InChI=1S/C21H41NO/c1-2-3-4-5-6-7-8-9-10-11-12-13-14-15-16-17-18-21-22-19-20-23-21/h2-20H2,1H3. The summed E-state index contributed by atoms with van der Waals surface area (Å²) >= 11 is 0. The highest BCUT2D eigenvalue weighted by atomic mass is 16.5. The third kappa shape index (κ3) is 13.6. The van der Waals surface area contributed by atoms with E-state index in [9.17, 15) is 0 Å². The quantitative estimate of drug-likeness (QED) is 0.262. The van der Waals surface area contributed by atoms with E-state index in [0.717, 1.165) is 25.5 Å². The molecule has 0 aromatic carbocycles. The second kappa shape index (κ2) is 16.3. The van der Waals surface area contributed by atoms with Crippen LogP contribution in [0.1, 0.15) is 116 Å². The highest BCUT2D eigenvalue weighted by molar-refractivity contribution is 5.77. The summed E-state index contributed by atoms with van der Waals surface area (Å²) in [5.74, 6) is 1.01. The van der Waals surface area contributed by atoms with Gasteiger partial charge in [-0.3, -0.25) is 4.99 Å². The zero-order valence-electron chi connectivity index (χ0n) is 15.8. The minimum absolute atomic E-state index is 0.814. The van der Waals surface area contributed by atoms with Gasteiger partial charge < -0.3 is 4.74 Å². The Bertz CT molecular complexity index is 275. The van der Waals surface area contributed by atoms with Crippen molar-refractivity contribution in [2.24, 2.45) is 4.99 Å². The van der Waals surface area contributed by atoms with Crippen LogP contribution in [0.4, 0.5) is 0 Å². The molecule has 1 aliphatic rings. The molecule has 0 saturated heterocycles. The molecule has 0 aromatic rings. The predicted molar refractivity (Wildman–Crippen MR) is 102 cm³/mol. The third-order valence-corrected chi connectivity index (χ3v) is 4.89. The van der Waals surface area contributed by atoms with Crippen molar-refractivity contribution in [1.82, 2.24) is 0 Å². The lowest BCUT2D eigenvalue weighted by atomic mass is 10.0. The van der Waals surface area contributed by atoms with Crippen molar-refractivity contribution in [2.75, 3.05) is 13.2 Å². The largest absolute Gasteiger partial charge is 0.479 e. The molecule has 2 nitrogen and oxygen atoms in total. The molecule has 0 bridgehead atoms. The van der Waals surface area contributed by atoms with Gasteiger partial charge in [0.15, 0.2) is 5.90 Å². The first kappa shape index (κ1) is 20.5. The van der Waals surface area contributed by atoms with Crippen molar-refractivity contribution in [2.45, 2.75) is 116 Å². The van der Waals surface area contributed by atoms with Crippen LogP contribution in [0.3, 0.4) is 0 Å². The molecule has 0 aromatic heterocycles. The fourth-order valence-corrected chi connectivity index (χ4v) is 3.35. The fourth-order valence-electron chi connectivity index (χ4n) is 3.35. The van der Waals surface area contributed by atoms with E-state index in [1.165, 1.54) is 103 Å². The summed E-state index contributed by atoms with van der Waals surface area (Å²) in [5, 5.41) is 0. The van der Waals surface area contributed by atoms with Crippen molar-refractivity contribution in [3.05, 3.63) is 0 Å². The number of nitrogens with zero attached hydrogens (tertiary/aromatic N) is 1. The Kier molecular flexibility index (Phi) is 14.6. The molecular formula is C21H41NO. The van der Waals surface area contributed by atoms with E-state index in [2.05, 4.69) is 11.9 Å². The minimum Gasteiger partial charge on any atom is -0.479 e. The second-order valence-electron chi connectivity index (χ2n) is 7.18. The summed E-state index contributed by atoms with van der Waals surface area (Å²) in [4.78, 5) is 4.34. The molecule has 0 unspecified atom stereocenters. The van der Waals surface area contributed by atoms with Gasteiger partial charge in [-0.15, -0.1) is 0 Å². The van der Waals surface area contributed by atoms with Crippen LogP contribution in [-0.2, 0) is 4.74 Å². The maximum Gasteiger partial charge on any atom is 0.183 e. The van der Waals surface area contributed by atoms with Crippen LogP contribution in [0.15, 0.2) is 4.99 Å². The monoisotopic (exact) mass is 323 g/mol. The van der Waals surface area contributed by atoms with Crippen LogP contribution in [0, 0.1) is 0 Å². The Hall–Kier alpha value is -0.530. The maximum absolute atomic E-state index is 5.43. The molecule has 0 amide bonds. The van der Waals surface area contributed by atoms with Crippen molar-refractivity contribution >= 4 is 5.90 Å². The van der Waals surface area contributed by atoms with E-state index in [1.807, 2.05) is 0 Å². The molecule has 1 rings (SSSR count). The molecule has 23 heavy (non-hydrogen) atoms. The Morgan fingerprint density at radius 2 is 1.09 bits per heavy atom. The number of rotatable bonds is 17. The summed E-state index contributed by atoms with van der Waals surface area (Å²) in [5.41, 5.74) is 0. The molecular weight excluding hydrogens is 282 g/mol. The SMILES string of the molecule is CCCCCCCCCCCCCCCCCCC1=NCCO1. The zero-order chi connectivity index (χ0) is 16.4. The first-order chi connectivity index (χ1) is 11.4. The molecule has 1 heterocycles. The average Bonchev–Trinajstić information content (AvgIpc) is 3.08. The number of aliphatic imine (C=N–C) groups is 1. The van der Waals surface area contributed by atoms with Crippen LogP contribution < -0.4 is 0 Å². The first-order valence-electron chi connectivity index (χ1n) is 10.6. The first-order valence-corrected chi connectivity index (χ1v) is 10.6. The summed E-state index contributed by atoms with van der Waals surface area (Å²) in [6.45, 7) is 3.99. The fraction of sp³-hybridized carbons (Fsp3) is 0.952. The van der Waals surface area contributed by atoms with E-state index < -0.39 is 0 Å². The summed E-state index contributed by atoms with van der Waals surface area (Å²) in [7, 11) is 0. The Morgan fingerprint density at radius 1 is 0.652 bits per heavy atom. The molecule has 0 fully saturated rings. The molecule has 0 N–H and O–H groups in total. The Morgan fingerprint density at radius 3 is 1.48 bits per heavy atom. The topological polar surface area (TPSA) is 21.6 Å². The normalized spacial score (nSPS) is 14.0. The molecule has 136 valence electrons. The molecule has 2 heteroatoms. The van der Waals surface area contributed by atoms with Crippen LogP contribution in [-0.4, -0.2) is 19.0 Å². The number of hydrogen-bond donors (Lipinski definition) is 0. The van der Waals surface area contributed by atoms with Gasteiger partial charge in [-0.1, -0.05) is 103 Å². The van der Waals surface area contributed by atoms with E-state index in [1.54, 1.807) is 0 Å². The Labute approximate surface area is 145 Å². The summed E-state index contributed by atoms with van der Waals surface area (Å²) in [6, 6.07) is 0. The molecule has 0 saturated carbocycles. The van der Waals surface area contributed by atoms with Crippen molar-refractivity contribution in [3.63, 3.8) is 0 Å². The third-order valence-electron chi connectivity index (χ3n) is 4.89. The van der Waals surface area contributed by atoms with Gasteiger partial charge in [0.1, 0.15) is 6.61 Å². The number of ether oxygens (including phenoxy) is 1. The van der Waals surface area contributed by atoms with Crippen molar-refractivity contribution < 1.29 is 4.74 Å². The van der Waals surface area contributed by atoms with Gasteiger partial charge in [0.25, 0.3) is 0 Å². The highest BCUT2D eigenvalue weighted by Crippen LogP contribution is 2.14. The lowest BCUT2D eigenvalue weighted by Gasteiger charge is -2.04. The van der Waals surface area contributed by atoms with Crippen LogP contribution in [0.5, 0.6) is 0 Å². The highest BCUT2D eigenvalue weighted by Gasteiger charge is 2.05. The predicted octanol–water partition coefficient (Wildman–Crippen LogP) is 7.07. The number of unbranched alkanes of at least 4 members (excludes halogenated alkanes) is 15. The van der Waals surface area contributed by atoms with Gasteiger partial charge in [0.2, 0.25) is 0 Å². The second-order valence-corrected chi connectivity index (χ2v) is 7.18. The van der Waals surface area contributed by atoms with Crippen LogP contribution >= 0.6 is 0 Å². The molecule has 0 spiro atoms. The molecule has 1 aliphatic heterocycles. The van der Waals surface area contributed by atoms with E-state index in [0.29, 0.717) is 0 Å². The van der Waals surface area contributed by atoms with Crippen molar-refractivity contribution in [1.29, 1.82) is 0 Å². The Balaban J connectivity index is 1.65. The molecule has 0 atom stereocenters. The smallest absolute Gasteiger partial charge is 0.183 e. The van der Waals surface area contributed by atoms with Crippen LogP contribution in [0.25, 0.3) is 0 Å². The zero-order valence-corrected chi connectivity index (χ0v) is 15.8. The van der Waals surface area contributed by atoms with Gasteiger partial charge in [0.05, 0.1) is 6.54 Å². The van der Waals surface area contributed by atoms with E-state index >= 15 is 0 Å². The van der Waals surface area contributed by atoms with Crippen molar-refractivity contribution in [3.8, 4) is 0 Å². The minimum atomic E-state index is 0.814. The summed E-state index contributed by atoms with van der Waals surface area (Å²) in [6.07, 6.45) is 23.9. The van der Waals surface area contributed by atoms with Crippen LogP contribution in [0.2, 0.25) is 0 Å². The molecule has 0 radical (unpaired) electrons. The van der Waals surface area contributed by atoms with Gasteiger partial charge in [-0.25, -0.2) is 0 Å². The lowest BCUT2D eigenvalue weighted by Crippen LogP contribution is -1.98. The summed E-state index contributed by atoms with van der Waals surface area (Å²) < 4.78 is 5.43.